The summed E-state index contributed by atoms with van der Waals surface area (Å²) in [5.74, 6) is 1.71. The Balaban J connectivity index is 1.40. The molecule has 0 amide bonds. The molecule has 3 heterocycles. The van der Waals surface area contributed by atoms with Crippen LogP contribution < -0.4 is 15.1 Å². The number of anilines is 4. The van der Waals surface area contributed by atoms with Crippen molar-refractivity contribution in [3.05, 3.63) is 35.2 Å². The number of likely N-dealkylation sites (N-methyl/N-ethyl adjacent to an activating group) is 1. The van der Waals surface area contributed by atoms with E-state index in [1.165, 1.54) is 29.5 Å². The van der Waals surface area contributed by atoms with E-state index in [1.807, 2.05) is 0 Å². The molecule has 0 unspecified atom stereocenters. The summed E-state index contributed by atoms with van der Waals surface area (Å²) in [4.78, 5) is 18.0. The highest BCUT2D eigenvalue weighted by Gasteiger charge is 2.43. The number of nitrogens with zero attached hydrogens (tertiary/aromatic N) is 5. The van der Waals surface area contributed by atoms with Gasteiger partial charge in [0.25, 0.3) is 0 Å². The van der Waals surface area contributed by atoms with Crippen LogP contribution in [0.1, 0.15) is 25.3 Å². The van der Waals surface area contributed by atoms with Crippen molar-refractivity contribution in [3.8, 4) is 0 Å². The third kappa shape index (κ3) is 3.61. The summed E-state index contributed by atoms with van der Waals surface area (Å²) in [5.41, 5.74) is 3.77. The molecule has 0 atom stereocenters. The van der Waals surface area contributed by atoms with E-state index >= 15 is 0 Å². The number of fused-ring (bicyclic) bond motifs is 1. The predicted molar refractivity (Wildman–Crippen MR) is 128 cm³/mol. The minimum Gasteiger partial charge on any atom is -0.369 e. The third-order valence-electron chi connectivity index (χ3n) is 6.69. The summed E-state index contributed by atoms with van der Waals surface area (Å²) >= 11 is 1.69. The lowest BCUT2D eigenvalue weighted by molar-refractivity contribution is 0.313. The first-order chi connectivity index (χ1) is 14.4. The number of aromatic nitrogens is 2. The zero-order chi connectivity index (χ0) is 20.9. The van der Waals surface area contributed by atoms with Crippen LogP contribution >= 0.6 is 11.3 Å². The maximum atomic E-state index is 4.95. The average molecular weight is 423 g/mol. The summed E-state index contributed by atoms with van der Waals surface area (Å²) in [6.45, 7) is 8.85. The van der Waals surface area contributed by atoms with Crippen molar-refractivity contribution in [3.63, 3.8) is 0 Å². The van der Waals surface area contributed by atoms with Crippen LogP contribution in [0.15, 0.2) is 29.6 Å². The first-order valence-corrected chi connectivity index (χ1v) is 11.6. The van der Waals surface area contributed by atoms with Gasteiger partial charge in [0.15, 0.2) is 0 Å². The number of hydrogen-bond acceptors (Lipinski definition) is 7. The van der Waals surface area contributed by atoms with Crippen LogP contribution in [-0.2, 0) is 0 Å². The molecule has 1 aliphatic heterocycles. The lowest BCUT2D eigenvalue weighted by atomic mass is 10.2. The van der Waals surface area contributed by atoms with Gasteiger partial charge in [0.2, 0.25) is 5.95 Å². The fourth-order valence-electron chi connectivity index (χ4n) is 4.08. The van der Waals surface area contributed by atoms with E-state index in [0.717, 1.165) is 42.5 Å². The van der Waals surface area contributed by atoms with Crippen molar-refractivity contribution in [2.24, 2.45) is 0 Å². The minimum atomic E-state index is 0.219. The van der Waals surface area contributed by atoms with Gasteiger partial charge in [-0.05, 0) is 68.9 Å². The number of benzene rings is 1. The van der Waals surface area contributed by atoms with Crippen molar-refractivity contribution in [1.29, 1.82) is 0 Å². The van der Waals surface area contributed by atoms with Gasteiger partial charge in [-0.3, -0.25) is 0 Å². The monoisotopic (exact) mass is 422 g/mol. The largest absolute Gasteiger partial charge is 0.369 e. The summed E-state index contributed by atoms with van der Waals surface area (Å²) in [5, 5.41) is 6.81. The highest BCUT2D eigenvalue weighted by atomic mass is 32.1. The number of nitrogens with one attached hydrogen (secondary N) is 1. The fraction of sp³-hybridized carbons (Fsp3) is 0.478. The van der Waals surface area contributed by atoms with E-state index in [0.29, 0.717) is 5.95 Å². The standard InChI is InChI=1S/C23H30N6S/c1-16-15-30-21-19(16)20(28(4)23(2)9-10-23)25-22(26-21)24-17-5-7-18(8-6-17)29-13-11-27(3)12-14-29/h5-8,15H,9-14H2,1-4H3,(H,24,25,26). The molecule has 1 N–H and O–H groups in total. The molecule has 0 bridgehead atoms. The lowest BCUT2D eigenvalue weighted by Crippen LogP contribution is -2.44. The molecule has 1 aromatic carbocycles. The van der Waals surface area contributed by atoms with E-state index < -0.39 is 0 Å². The van der Waals surface area contributed by atoms with Crippen LogP contribution in [-0.4, -0.2) is 60.7 Å². The van der Waals surface area contributed by atoms with Crippen molar-refractivity contribution >= 4 is 44.7 Å². The second kappa shape index (κ2) is 7.39. The molecule has 2 aliphatic rings. The van der Waals surface area contributed by atoms with Crippen molar-refractivity contribution in [2.45, 2.75) is 32.2 Å². The number of aryl methyl sites for hydroxylation is 1. The first kappa shape index (κ1) is 19.6. The van der Waals surface area contributed by atoms with Gasteiger partial charge in [-0.25, -0.2) is 4.98 Å². The van der Waals surface area contributed by atoms with Gasteiger partial charge in [0, 0.05) is 50.1 Å². The Labute approximate surface area is 182 Å². The molecular weight excluding hydrogens is 392 g/mol. The van der Waals surface area contributed by atoms with Gasteiger partial charge >= 0.3 is 0 Å². The number of thiophene rings is 1. The molecule has 30 heavy (non-hydrogen) atoms. The Morgan fingerprint density at radius 1 is 1.07 bits per heavy atom. The zero-order valence-electron chi connectivity index (χ0n) is 18.3. The maximum Gasteiger partial charge on any atom is 0.230 e. The smallest absolute Gasteiger partial charge is 0.230 e. The molecule has 5 rings (SSSR count). The molecule has 158 valence electrons. The molecule has 2 fully saturated rings. The SMILES string of the molecule is Cc1csc2nc(Nc3ccc(N4CCN(C)CC4)cc3)nc(N(C)C3(C)CC3)c12. The van der Waals surface area contributed by atoms with E-state index in [4.69, 9.17) is 9.97 Å². The van der Waals surface area contributed by atoms with Crippen molar-refractivity contribution in [2.75, 3.05) is 55.4 Å². The molecular formula is C23H30N6S. The zero-order valence-corrected chi connectivity index (χ0v) is 19.1. The molecule has 1 saturated heterocycles. The lowest BCUT2D eigenvalue weighted by Gasteiger charge is -2.34. The Hall–Kier alpha value is -2.38. The normalized spacial score (nSPS) is 18.6. The quantitative estimate of drug-likeness (QED) is 0.654. The summed E-state index contributed by atoms with van der Waals surface area (Å²) in [6.07, 6.45) is 2.43. The average Bonchev–Trinajstić information content (AvgIpc) is 3.40. The second-order valence-corrected chi connectivity index (χ2v) is 9.85. The topological polar surface area (TPSA) is 47.5 Å². The minimum absolute atomic E-state index is 0.219. The number of rotatable bonds is 5. The summed E-state index contributed by atoms with van der Waals surface area (Å²) in [7, 11) is 4.35. The molecule has 7 heteroatoms. The van der Waals surface area contributed by atoms with E-state index in [9.17, 15) is 0 Å². The summed E-state index contributed by atoms with van der Waals surface area (Å²) < 4.78 is 0. The van der Waals surface area contributed by atoms with Gasteiger partial charge in [0.1, 0.15) is 10.6 Å². The second-order valence-electron chi connectivity index (χ2n) is 8.99. The van der Waals surface area contributed by atoms with E-state index in [-0.39, 0.29) is 5.54 Å². The van der Waals surface area contributed by atoms with Gasteiger partial charge in [-0.1, -0.05) is 0 Å². The molecule has 0 radical (unpaired) electrons. The van der Waals surface area contributed by atoms with E-state index in [1.54, 1.807) is 11.3 Å². The highest BCUT2D eigenvalue weighted by molar-refractivity contribution is 7.17. The van der Waals surface area contributed by atoms with Gasteiger partial charge in [-0.15, -0.1) is 11.3 Å². The first-order valence-electron chi connectivity index (χ1n) is 10.7. The Morgan fingerprint density at radius 2 is 1.77 bits per heavy atom. The van der Waals surface area contributed by atoms with Crippen LogP contribution in [0.5, 0.6) is 0 Å². The van der Waals surface area contributed by atoms with Crippen LogP contribution in [0, 0.1) is 6.92 Å². The predicted octanol–water partition coefficient (Wildman–Crippen LogP) is 4.48. The van der Waals surface area contributed by atoms with Gasteiger partial charge < -0.3 is 20.0 Å². The number of piperazine rings is 1. The molecule has 6 nitrogen and oxygen atoms in total. The Bertz CT molecular complexity index is 1050. The highest BCUT2D eigenvalue weighted by Crippen LogP contribution is 2.45. The van der Waals surface area contributed by atoms with Crippen molar-refractivity contribution < 1.29 is 0 Å². The third-order valence-corrected chi connectivity index (χ3v) is 7.68. The van der Waals surface area contributed by atoms with Gasteiger partial charge in [-0.2, -0.15) is 4.98 Å². The molecule has 1 aliphatic carbocycles. The Kier molecular flexibility index (Phi) is 4.82. The maximum absolute atomic E-state index is 4.95. The fourth-order valence-corrected chi connectivity index (χ4v) is 5.00. The van der Waals surface area contributed by atoms with Crippen LogP contribution in [0.25, 0.3) is 10.2 Å². The molecule has 1 saturated carbocycles. The van der Waals surface area contributed by atoms with Crippen LogP contribution in [0.3, 0.4) is 0 Å². The number of hydrogen-bond donors (Lipinski definition) is 1. The van der Waals surface area contributed by atoms with E-state index in [2.05, 4.69) is 77.6 Å². The molecule has 2 aromatic heterocycles. The van der Waals surface area contributed by atoms with Crippen LogP contribution in [0.4, 0.5) is 23.1 Å². The summed E-state index contributed by atoms with van der Waals surface area (Å²) in [6, 6.07) is 8.65. The van der Waals surface area contributed by atoms with Crippen molar-refractivity contribution in [1.82, 2.24) is 14.9 Å². The van der Waals surface area contributed by atoms with Crippen LogP contribution in [0.2, 0.25) is 0 Å². The molecule has 3 aromatic rings. The Morgan fingerprint density at radius 3 is 2.43 bits per heavy atom. The van der Waals surface area contributed by atoms with Gasteiger partial charge in [0.05, 0.1) is 5.39 Å². The molecule has 0 spiro atoms.